The Labute approximate surface area is 148 Å². The number of aliphatic hydroxyl groups is 1. The molecular weight excluding hydrogens is 327 g/mol. The van der Waals surface area contributed by atoms with Crippen molar-refractivity contribution in [2.75, 3.05) is 13.1 Å². The summed E-state index contributed by atoms with van der Waals surface area (Å²) in [5.74, 6) is 0.277. The largest absolute Gasteiger partial charge is 0.416 e. The molecule has 0 amide bonds. The van der Waals surface area contributed by atoms with Gasteiger partial charge < -0.3 is 5.11 Å². The molecule has 1 aromatic rings. The van der Waals surface area contributed by atoms with Gasteiger partial charge >= 0.3 is 6.18 Å². The Balaban J connectivity index is 1.67. The first-order valence-electron chi connectivity index (χ1n) is 9.13. The third-order valence-corrected chi connectivity index (χ3v) is 6.31. The van der Waals surface area contributed by atoms with E-state index in [2.05, 4.69) is 25.7 Å². The molecule has 2 aliphatic heterocycles. The Hall–Kier alpha value is -1.07. The van der Waals surface area contributed by atoms with E-state index in [1.165, 1.54) is 12.1 Å². The van der Waals surface area contributed by atoms with Crippen LogP contribution in [0.4, 0.5) is 13.2 Å². The smallest absolute Gasteiger partial charge is 0.389 e. The van der Waals surface area contributed by atoms with Crippen LogP contribution in [0.2, 0.25) is 0 Å². The maximum Gasteiger partial charge on any atom is 0.416 e. The fraction of sp³-hybridized carbons (Fsp3) is 0.700. The molecule has 1 N–H and O–H groups in total. The topological polar surface area (TPSA) is 23.5 Å². The van der Waals surface area contributed by atoms with Crippen LogP contribution in [0.1, 0.15) is 63.5 Å². The van der Waals surface area contributed by atoms with Crippen molar-refractivity contribution in [1.82, 2.24) is 4.90 Å². The molecular formula is C20H28F3NO. The predicted octanol–water partition coefficient (Wildman–Crippen LogP) is 4.82. The molecule has 3 atom stereocenters. The number of hydrogen-bond donors (Lipinski definition) is 1. The Bertz CT molecular complexity index is 605. The summed E-state index contributed by atoms with van der Waals surface area (Å²) < 4.78 is 38.2. The quantitative estimate of drug-likeness (QED) is 0.780. The van der Waals surface area contributed by atoms with Gasteiger partial charge in [0, 0.05) is 19.1 Å². The Kier molecular flexibility index (Phi) is 4.70. The average Bonchev–Trinajstić information content (AvgIpc) is 2.52. The summed E-state index contributed by atoms with van der Waals surface area (Å²) in [6.07, 6.45) is -0.778. The predicted molar refractivity (Wildman–Crippen MR) is 92.4 cm³/mol. The second-order valence-electron chi connectivity index (χ2n) is 8.78. The maximum absolute atomic E-state index is 12.7. The number of rotatable bonds is 1. The van der Waals surface area contributed by atoms with Crippen LogP contribution in [0.3, 0.4) is 0 Å². The number of hydrogen-bond acceptors (Lipinski definition) is 2. The van der Waals surface area contributed by atoms with Crippen molar-refractivity contribution in [3.63, 3.8) is 0 Å². The van der Waals surface area contributed by atoms with Gasteiger partial charge in [0.15, 0.2) is 0 Å². The highest BCUT2D eigenvalue weighted by molar-refractivity contribution is 5.28. The van der Waals surface area contributed by atoms with Gasteiger partial charge in [0.1, 0.15) is 0 Å². The highest BCUT2D eigenvalue weighted by atomic mass is 19.4. The molecule has 2 heterocycles. The van der Waals surface area contributed by atoms with E-state index in [9.17, 15) is 18.3 Å². The number of halogens is 3. The molecule has 1 aromatic carbocycles. The van der Waals surface area contributed by atoms with Crippen LogP contribution in [0.5, 0.6) is 0 Å². The monoisotopic (exact) mass is 355 g/mol. The summed E-state index contributed by atoms with van der Waals surface area (Å²) in [5.41, 5.74) is -0.361. The molecule has 0 radical (unpaired) electrons. The zero-order valence-corrected chi connectivity index (χ0v) is 15.2. The molecule has 2 aliphatic rings. The van der Waals surface area contributed by atoms with Crippen LogP contribution < -0.4 is 0 Å². The van der Waals surface area contributed by atoms with Gasteiger partial charge in [-0.15, -0.1) is 0 Å². The van der Waals surface area contributed by atoms with Gasteiger partial charge in [-0.1, -0.05) is 32.9 Å². The number of nitrogens with zero attached hydrogens (tertiary/aromatic N) is 1. The zero-order chi connectivity index (χ0) is 18.5. The Morgan fingerprint density at radius 3 is 2.28 bits per heavy atom. The van der Waals surface area contributed by atoms with Gasteiger partial charge in [0.25, 0.3) is 0 Å². The van der Waals surface area contributed by atoms with E-state index in [0.29, 0.717) is 6.04 Å². The molecule has 0 unspecified atom stereocenters. The van der Waals surface area contributed by atoms with E-state index in [4.69, 9.17) is 0 Å². The summed E-state index contributed by atoms with van der Waals surface area (Å²) in [5, 5.41) is 11.0. The minimum Gasteiger partial charge on any atom is -0.389 e. The molecule has 25 heavy (non-hydrogen) atoms. The lowest BCUT2D eigenvalue weighted by atomic mass is 9.67. The van der Waals surface area contributed by atoms with Crippen LogP contribution in [0, 0.1) is 5.41 Å². The molecule has 0 spiro atoms. The van der Waals surface area contributed by atoms with Crippen LogP contribution in [-0.4, -0.2) is 34.7 Å². The van der Waals surface area contributed by atoms with Gasteiger partial charge in [0.2, 0.25) is 0 Å². The summed E-state index contributed by atoms with van der Waals surface area (Å²) in [6, 6.07) is 6.02. The minimum absolute atomic E-state index is 0.136. The molecule has 140 valence electrons. The summed E-state index contributed by atoms with van der Waals surface area (Å²) in [6.45, 7) is 8.01. The Morgan fingerprint density at radius 1 is 1.08 bits per heavy atom. The molecule has 0 aromatic heterocycles. The molecule has 0 saturated carbocycles. The highest BCUT2D eigenvalue weighted by Gasteiger charge is 2.47. The highest BCUT2D eigenvalue weighted by Crippen LogP contribution is 2.44. The third kappa shape index (κ3) is 3.72. The van der Waals surface area contributed by atoms with Gasteiger partial charge in [0.05, 0.1) is 11.2 Å². The normalized spacial score (nSPS) is 31.6. The van der Waals surface area contributed by atoms with E-state index in [-0.39, 0.29) is 11.3 Å². The van der Waals surface area contributed by atoms with E-state index in [0.717, 1.165) is 44.3 Å². The first-order chi connectivity index (χ1) is 11.5. The summed E-state index contributed by atoms with van der Waals surface area (Å²) in [4.78, 5) is 2.42. The number of benzene rings is 1. The van der Waals surface area contributed by atoms with E-state index < -0.39 is 17.3 Å². The second kappa shape index (κ2) is 6.27. The minimum atomic E-state index is -4.28. The van der Waals surface area contributed by atoms with Crippen molar-refractivity contribution in [1.29, 1.82) is 0 Å². The molecule has 0 aliphatic carbocycles. The van der Waals surface area contributed by atoms with Gasteiger partial charge in [-0.2, -0.15) is 13.2 Å². The lowest BCUT2D eigenvalue weighted by Crippen LogP contribution is -2.57. The van der Waals surface area contributed by atoms with Crippen LogP contribution in [-0.2, 0) is 6.18 Å². The molecule has 2 fully saturated rings. The SMILES string of the molecule is CC(C)(C)[C@]1(O)CCN2C[C@@H](c3ccc(C(F)(F)F)cc3)CC[C@@H]2C1. The van der Waals surface area contributed by atoms with Gasteiger partial charge in [-0.3, -0.25) is 4.90 Å². The van der Waals surface area contributed by atoms with Crippen molar-refractivity contribution in [3.8, 4) is 0 Å². The lowest BCUT2D eigenvalue weighted by Gasteiger charge is -2.52. The maximum atomic E-state index is 12.7. The van der Waals surface area contributed by atoms with Crippen LogP contribution in [0.25, 0.3) is 0 Å². The first kappa shape index (κ1) is 18.7. The van der Waals surface area contributed by atoms with Crippen molar-refractivity contribution in [3.05, 3.63) is 35.4 Å². The molecule has 5 heteroatoms. The number of fused-ring (bicyclic) bond motifs is 1. The number of alkyl halides is 3. The van der Waals surface area contributed by atoms with Gasteiger partial charge in [-0.05, 0) is 54.7 Å². The molecule has 0 bridgehead atoms. The fourth-order valence-electron chi connectivity index (χ4n) is 4.32. The van der Waals surface area contributed by atoms with Gasteiger partial charge in [-0.25, -0.2) is 0 Å². The number of piperidine rings is 2. The molecule has 2 nitrogen and oxygen atoms in total. The molecule has 3 rings (SSSR count). The fourth-order valence-corrected chi connectivity index (χ4v) is 4.32. The van der Waals surface area contributed by atoms with Crippen LogP contribution in [0.15, 0.2) is 24.3 Å². The zero-order valence-electron chi connectivity index (χ0n) is 15.2. The third-order valence-electron chi connectivity index (χ3n) is 6.31. The summed E-state index contributed by atoms with van der Waals surface area (Å²) >= 11 is 0. The standard InChI is InChI=1S/C20H28F3NO/c1-18(2,3)19(25)10-11-24-13-15(6-9-17(24)12-19)14-4-7-16(8-5-14)20(21,22)23/h4-5,7-8,15,17,25H,6,9-13H2,1-3H3/t15-,17+,19-/m0/s1. The van der Waals surface area contributed by atoms with Crippen molar-refractivity contribution >= 4 is 0 Å². The first-order valence-corrected chi connectivity index (χ1v) is 9.13. The van der Waals surface area contributed by atoms with E-state index in [1.54, 1.807) is 12.1 Å². The van der Waals surface area contributed by atoms with E-state index in [1.807, 2.05) is 0 Å². The van der Waals surface area contributed by atoms with E-state index >= 15 is 0 Å². The summed E-state index contributed by atoms with van der Waals surface area (Å²) in [7, 11) is 0. The van der Waals surface area contributed by atoms with Crippen molar-refractivity contribution in [2.45, 2.75) is 70.2 Å². The van der Waals surface area contributed by atoms with Crippen LogP contribution >= 0.6 is 0 Å². The second-order valence-corrected chi connectivity index (χ2v) is 8.78. The molecule has 2 saturated heterocycles. The Morgan fingerprint density at radius 2 is 1.72 bits per heavy atom. The lowest BCUT2D eigenvalue weighted by molar-refractivity contribution is -0.137. The van der Waals surface area contributed by atoms with Crippen molar-refractivity contribution in [2.24, 2.45) is 5.41 Å². The average molecular weight is 355 g/mol. The van der Waals surface area contributed by atoms with Crippen molar-refractivity contribution < 1.29 is 18.3 Å².